The first-order valence-electron chi connectivity index (χ1n) is 6.84. The lowest BCUT2D eigenvalue weighted by Crippen LogP contribution is -2.27. The molecule has 1 heterocycles. The molecule has 1 aliphatic heterocycles. The van der Waals surface area contributed by atoms with Gasteiger partial charge in [-0.3, -0.25) is 0 Å². The summed E-state index contributed by atoms with van der Waals surface area (Å²) in [5, 5.41) is 0. The lowest BCUT2D eigenvalue weighted by atomic mass is 10.1. The van der Waals surface area contributed by atoms with Crippen molar-refractivity contribution >= 4 is 15.7 Å². The summed E-state index contributed by atoms with van der Waals surface area (Å²) in [4.78, 5) is 0.170. The summed E-state index contributed by atoms with van der Waals surface area (Å²) in [5.74, 6) is 0.454. The second-order valence-corrected chi connectivity index (χ2v) is 7.13. The molecule has 0 aliphatic carbocycles. The number of ether oxygens (including phenoxy) is 1. The molecule has 1 atom stereocenters. The van der Waals surface area contributed by atoms with Crippen LogP contribution < -0.4 is 10.5 Å². The van der Waals surface area contributed by atoms with Gasteiger partial charge in [-0.2, -0.15) is 0 Å². The summed E-state index contributed by atoms with van der Waals surface area (Å²) in [5.41, 5.74) is 8.04. The van der Waals surface area contributed by atoms with Gasteiger partial charge in [0.1, 0.15) is 4.90 Å². The van der Waals surface area contributed by atoms with Gasteiger partial charge in [0.05, 0.1) is 5.69 Å². The van der Waals surface area contributed by atoms with Gasteiger partial charge in [-0.05, 0) is 55.9 Å². The highest BCUT2D eigenvalue weighted by molar-refractivity contribution is 7.89. The van der Waals surface area contributed by atoms with Gasteiger partial charge < -0.3 is 10.5 Å². The molecule has 0 radical (unpaired) electrons. The molecule has 0 spiro atoms. The third-order valence-corrected chi connectivity index (χ3v) is 5.30. The van der Waals surface area contributed by atoms with Crippen molar-refractivity contribution in [2.75, 3.05) is 25.5 Å². The van der Waals surface area contributed by atoms with Gasteiger partial charge in [-0.1, -0.05) is 0 Å². The highest BCUT2D eigenvalue weighted by atomic mass is 32.2. The molecular formula is C14H22N2O3S. The number of hydrogen-bond donors (Lipinski definition) is 2. The fourth-order valence-corrected chi connectivity index (χ4v) is 3.57. The molecule has 1 saturated heterocycles. The monoisotopic (exact) mass is 298 g/mol. The van der Waals surface area contributed by atoms with E-state index >= 15 is 0 Å². The molecule has 6 heteroatoms. The predicted molar refractivity (Wildman–Crippen MR) is 79.1 cm³/mol. The summed E-state index contributed by atoms with van der Waals surface area (Å²) in [6.45, 7) is 5.72. The smallest absolute Gasteiger partial charge is 0.242 e. The van der Waals surface area contributed by atoms with E-state index in [9.17, 15) is 8.42 Å². The molecule has 1 aromatic carbocycles. The number of rotatable bonds is 5. The van der Waals surface area contributed by atoms with Crippen molar-refractivity contribution in [3.8, 4) is 0 Å². The van der Waals surface area contributed by atoms with Crippen LogP contribution in [0.3, 0.4) is 0 Å². The Morgan fingerprint density at radius 2 is 2.05 bits per heavy atom. The van der Waals surface area contributed by atoms with Crippen molar-refractivity contribution in [2.24, 2.45) is 5.92 Å². The van der Waals surface area contributed by atoms with Crippen molar-refractivity contribution in [1.82, 2.24) is 4.72 Å². The minimum Gasteiger partial charge on any atom is -0.398 e. The molecule has 112 valence electrons. The number of nitrogen functional groups attached to an aromatic ring is 1. The van der Waals surface area contributed by atoms with E-state index < -0.39 is 10.0 Å². The second kappa shape index (κ2) is 6.11. The van der Waals surface area contributed by atoms with Gasteiger partial charge in [0.15, 0.2) is 0 Å². The Bertz CT molecular complexity index is 578. The van der Waals surface area contributed by atoms with E-state index in [1.165, 1.54) is 0 Å². The SMILES string of the molecule is Cc1cc(N)c(S(=O)(=O)NCCC2CCOC2)cc1C. The van der Waals surface area contributed by atoms with Crippen LogP contribution in [0.25, 0.3) is 0 Å². The molecular weight excluding hydrogens is 276 g/mol. The van der Waals surface area contributed by atoms with Crippen molar-refractivity contribution in [2.45, 2.75) is 31.6 Å². The molecule has 0 saturated carbocycles. The Morgan fingerprint density at radius 1 is 1.35 bits per heavy atom. The zero-order valence-corrected chi connectivity index (χ0v) is 12.8. The highest BCUT2D eigenvalue weighted by Gasteiger charge is 2.20. The van der Waals surface area contributed by atoms with Gasteiger partial charge in [-0.25, -0.2) is 13.1 Å². The summed E-state index contributed by atoms with van der Waals surface area (Å²) in [7, 11) is -3.54. The lowest BCUT2D eigenvalue weighted by molar-refractivity contribution is 0.184. The minimum atomic E-state index is -3.54. The summed E-state index contributed by atoms with van der Waals surface area (Å²) < 4.78 is 32.4. The normalized spacial score (nSPS) is 19.4. The third kappa shape index (κ3) is 3.50. The van der Waals surface area contributed by atoms with Gasteiger partial charge in [0.2, 0.25) is 10.0 Å². The average molecular weight is 298 g/mol. The molecule has 0 aromatic heterocycles. The van der Waals surface area contributed by atoms with Crippen LogP contribution in [0.4, 0.5) is 5.69 Å². The minimum absolute atomic E-state index is 0.170. The molecule has 0 amide bonds. The number of nitrogens with one attached hydrogen (secondary N) is 1. The zero-order valence-electron chi connectivity index (χ0n) is 12.0. The van der Waals surface area contributed by atoms with Gasteiger partial charge in [0.25, 0.3) is 0 Å². The van der Waals surface area contributed by atoms with Crippen LogP contribution >= 0.6 is 0 Å². The molecule has 1 unspecified atom stereocenters. The number of anilines is 1. The largest absolute Gasteiger partial charge is 0.398 e. The molecule has 5 nitrogen and oxygen atoms in total. The lowest BCUT2D eigenvalue weighted by Gasteiger charge is -2.12. The summed E-state index contributed by atoms with van der Waals surface area (Å²) in [6, 6.07) is 3.33. The molecule has 2 rings (SSSR count). The van der Waals surface area contributed by atoms with Crippen LogP contribution in [-0.4, -0.2) is 28.2 Å². The number of nitrogens with two attached hydrogens (primary N) is 1. The van der Waals surface area contributed by atoms with Crippen molar-refractivity contribution in [1.29, 1.82) is 0 Å². The van der Waals surface area contributed by atoms with Gasteiger partial charge in [-0.15, -0.1) is 0 Å². The fourth-order valence-electron chi connectivity index (χ4n) is 2.33. The number of aryl methyl sites for hydroxylation is 2. The zero-order chi connectivity index (χ0) is 14.8. The molecule has 1 aliphatic rings. The molecule has 1 aromatic rings. The summed E-state index contributed by atoms with van der Waals surface area (Å²) >= 11 is 0. The fraction of sp³-hybridized carbons (Fsp3) is 0.571. The highest BCUT2D eigenvalue weighted by Crippen LogP contribution is 2.23. The third-order valence-electron chi connectivity index (χ3n) is 3.78. The van der Waals surface area contributed by atoms with Crippen LogP contribution in [0.2, 0.25) is 0 Å². The Labute approximate surface area is 120 Å². The maximum Gasteiger partial charge on any atom is 0.242 e. The molecule has 1 fully saturated rings. The molecule has 20 heavy (non-hydrogen) atoms. The number of sulfonamides is 1. The topological polar surface area (TPSA) is 81.4 Å². The maximum absolute atomic E-state index is 12.3. The van der Waals surface area contributed by atoms with E-state index in [0.29, 0.717) is 18.2 Å². The van der Waals surface area contributed by atoms with E-state index in [0.717, 1.165) is 37.2 Å². The Balaban J connectivity index is 2.04. The first kappa shape index (κ1) is 15.3. The van der Waals surface area contributed by atoms with E-state index in [4.69, 9.17) is 10.5 Å². The quantitative estimate of drug-likeness (QED) is 0.809. The van der Waals surface area contributed by atoms with Crippen molar-refractivity contribution < 1.29 is 13.2 Å². The van der Waals surface area contributed by atoms with Crippen LogP contribution in [-0.2, 0) is 14.8 Å². The van der Waals surface area contributed by atoms with E-state index in [-0.39, 0.29) is 4.90 Å². The van der Waals surface area contributed by atoms with E-state index in [1.807, 2.05) is 13.8 Å². The summed E-state index contributed by atoms with van der Waals surface area (Å²) in [6.07, 6.45) is 1.80. The van der Waals surface area contributed by atoms with Gasteiger partial charge >= 0.3 is 0 Å². The van der Waals surface area contributed by atoms with Crippen molar-refractivity contribution in [3.05, 3.63) is 23.3 Å². The van der Waals surface area contributed by atoms with Crippen LogP contribution in [0.5, 0.6) is 0 Å². The molecule has 0 bridgehead atoms. The van der Waals surface area contributed by atoms with E-state index in [1.54, 1.807) is 12.1 Å². The Hall–Kier alpha value is -1.11. The first-order chi connectivity index (χ1) is 9.40. The maximum atomic E-state index is 12.3. The van der Waals surface area contributed by atoms with Gasteiger partial charge in [0, 0.05) is 19.8 Å². The second-order valence-electron chi connectivity index (χ2n) is 5.39. The van der Waals surface area contributed by atoms with Crippen LogP contribution in [0, 0.1) is 19.8 Å². The van der Waals surface area contributed by atoms with Crippen LogP contribution in [0.15, 0.2) is 17.0 Å². The van der Waals surface area contributed by atoms with Crippen LogP contribution in [0.1, 0.15) is 24.0 Å². The first-order valence-corrected chi connectivity index (χ1v) is 8.32. The van der Waals surface area contributed by atoms with E-state index in [2.05, 4.69) is 4.72 Å². The standard InChI is InChI=1S/C14H22N2O3S/c1-10-7-13(15)14(8-11(10)2)20(17,18)16-5-3-12-4-6-19-9-12/h7-8,12,16H,3-6,9,15H2,1-2H3. The predicted octanol–water partition coefficient (Wildman–Crippen LogP) is 1.59. The number of benzene rings is 1. The number of hydrogen-bond acceptors (Lipinski definition) is 4. The Morgan fingerprint density at radius 3 is 2.70 bits per heavy atom. The Kier molecular flexibility index (Phi) is 4.67. The average Bonchev–Trinajstić information content (AvgIpc) is 2.86. The molecule has 3 N–H and O–H groups in total. The van der Waals surface area contributed by atoms with Crippen molar-refractivity contribution in [3.63, 3.8) is 0 Å².